The molecule has 0 fully saturated rings. The van der Waals surface area contributed by atoms with E-state index in [1.54, 1.807) is 0 Å². The average molecular weight is 215 g/mol. The van der Waals surface area contributed by atoms with Crippen LogP contribution >= 0.6 is 0 Å². The Morgan fingerprint density at radius 1 is 1.00 bits per heavy atom. The monoisotopic (exact) mass is 215 g/mol. The Hall–Kier alpha value is -0.0800. The van der Waals surface area contributed by atoms with Gasteiger partial charge >= 0.3 is 0 Å². The van der Waals surface area contributed by atoms with Crippen LogP contribution in [0.25, 0.3) is 0 Å². The number of hydrogen-bond donors (Lipinski definition) is 1. The van der Waals surface area contributed by atoms with Crippen LogP contribution in [0.15, 0.2) is 0 Å². The first-order valence-electron chi connectivity index (χ1n) is 6.62. The summed E-state index contributed by atoms with van der Waals surface area (Å²) in [5.74, 6) is 0. The van der Waals surface area contributed by atoms with Gasteiger partial charge in [-0.1, -0.05) is 33.1 Å². The molecule has 0 heterocycles. The van der Waals surface area contributed by atoms with Gasteiger partial charge in [0.1, 0.15) is 0 Å². The van der Waals surface area contributed by atoms with Gasteiger partial charge in [-0.3, -0.25) is 0 Å². The van der Waals surface area contributed by atoms with Gasteiger partial charge in [-0.05, 0) is 32.7 Å². The van der Waals surface area contributed by atoms with Crippen molar-refractivity contribution in [1.29, 1.82) is 0 Å². The van der Waals surface area contributed by atoms with Crippen molar-refractivity contribution < 1.29 is 4.74 Å². The lowest BCUT2D eigenvalue weighted by molar-refractivity contribution is 0.131. The maximum atomic E-state index is 5.42. The number of rotatable bonds is 11. The largest absolute Gasteiger partial charge is 0.381 e. The second-order valence-corrected chi connectivity index (χ2v) is 4.32. The Morgan fingerprint density at radius 3 is 2.47 bits per heavy atom. The van der Waals surface area contributed by atoms with E-state index >= 15 is 0 Å². The third kappa shape index (κ3) is 11.8. The highest BCUT2D eigenvalue weighted by Crippen LogP contribution is 2.02. The Morgan fingerprint density at radius 2 is 1.80 bits per heavy atom. The van der Waals surface area contributed by atoms with Gasteiger partial charge in [0.15, 0.2) is 0 Å². The number of ether oxygens (including phenoxy) is 1. The molecule has 0 spiro atoms. The van der Waals surface area contributed by atoms with Gasteiger partial charge in [0.05, 0.1) is 0 Å². The van der Waals surface area contributed by atoms with Crippen LogP contribution in [0.1, 0.15) is 59.3 Å². The summed E-state index contributed by atoms with van der Waals surface area (Å²) in [6.07, 6.45) is 7.61. The maximum Gasteiger partial charge on any atom is 0.0478 e. The van der Waals surface area contributed by atoms with E-state index in [-0.39, 0.29) is 0 Å². The molecule has 1 atom stereocenters. The topological polar surface area (TPSA) is 21.3 Å². The lowest BCUT2D eigenvalue weighted by atomic mass is 10.1. The van der Waals surface area contributed by atoms with Crippen LogP contribution in [0.3, 0.4) is 0 Å². The predicted octanol–water partition coefficient (Wildman–Crippen LogP) is 3.36. The van der Waals surface area contributed by atoms with Crippen molar-refractivity contribution in [2.24, 2.45) is 0 Å². The molecule has 1 unspecified atom stereocenters. The number of hydrogen-bond acceptors (Lipinski definition) is 2. The Labute approximate surface area is 95.8 Å². The fraction of sp³-hybridized carbons (Fsp3) is 1.00. The lowest BCUT2D eigenvalue weighted by Gasteiger charge is -2.13. The molecule has 0 saturated heterocycles. The molecule has 2 heteroatoms. The standard InChI is InChI=1S/C13H29NO/c1-4-6-7-9-13(3)14-10-8-12-15-11-5-2/h13-14H,4-12H2,1-3H3. The first kappa shape index (κ1) is 14.9. The van der Waals surface area contributed by atoms with Crippen LogP contribution in [0, 0.1) is 0 Å². The molecule has 0 radical (unpaired) electrons. The Kier molecular flexibility index (Phi) is 11.9. The van der Waals surface area contributed by atoms with Gasteiger partial charge in [0, 0.05) is 19.3 Å². The fourth-order valence-corrected chi connectivity index (χ4v) is 1.57. The molecule has 2 nitrogen and oxygen atoms in total. The summed E-state index contributed by atoms with van der Waals surface area (Å²) in [5.41, 5.74) is 0. The quantitative estimate of drug-likeness (QED) is 0.534. The molecular formula is C13H29NO. The van der Waals surface area contributed by atoms with E-state index in [4.69, 9.17) is 4.74 Å². The minimum absolute atomic E-state index is 0.669. The van der Waals surface area contributed by atoms with E-state index in [1.165, 1.54) is 25.7 Å². The van der Waals surface area contributed by atoms with Gasteiger partial charge in [0.25, 0.3) is 0 Å². The maximum absolute atomic E-state index is 5.42. The van der Waals surface area contributed by atoms with E-state index in [0.717, 1.165) is 32.6 Å². The molecule has 0 aromatic rings. The molecule has 0 aromatic carbocycles. The Balaban J connectivity index is 3.06. The van der Waals surface area contributed by atoms with Crippen LogP contribution < -0.4 is 5.32 Å². The Bertz CT molecular complexity index is 117. The average Bonchev–Trinajstić information content (AvgIpc) is 2.23. The second kappa shape index (κ2) is 12.0. The molecule has 15 heavy (non-hydrogen) atoms. The fourth-order valence-electron chi connectivity index (χ4n) is 1.57. The van der Waals surface area contributed by atoms with Crippen LogP contribution in [0.2, 0.25) is 0 Å². The molecule has 0 aromatic heterocycles. The minimum atomic E-state index is 0.669. The van der Waals surface area contributed by atoms with Gasteiger partial charge in [-0.15, -0.1) is 0 Å². The minimum Gasteiger partial charge on any atom is -0.381 e. The van der Waals surface area contributed by atoms with Crippen molar-refractivity contribution in [3.8, 4) is 0 Å². The van der Waals surface area contributed by atoms with Crippen molar-refractivity contribution >= 4 is 0 Å². The lowest BCUT2D eigenvalue weighted by Crippen LogP contribution is -2.27. The molecule has 92 valence electrons. The van der Waals surface area contributed by atoms with Crippen LogP contribution in [-0.2, 0) is 4.74 Å². The van der Waals surface area contributed by atoms with Gasteiger partial charge in [-0.2, -0.15) is 0 Å². The van der Waals surface area contributed by atoms with E-state index in [9.17, 15) is 0 Å². The van der Waals surface area contributed by atoms with Crippen molar-refractivity contribution in [3.05, 3.63) is 0 Å². The molecule has 0 aliphatic rings. The van der Waals surface area contributed by atoms with E-state index in [1.807, 2.05) is 0 Å². The van der Waals surface area contributed by atoms with Crippen LogP contribution in [0.5, 0.6) is 0 Å². The van der Waals surface area contributed by atoms with E-state index in [0.29, 0.717) is 6.04 Å². The first-order chi connectivity index (χ1) is 7.31. The van der Waals surface area contributed by atoms with Crippen molar-refractivity contribution in [1.82, 2.24) is 5.32 Å². The highest BCUT2D eigenvalue weighted by atomic mass is 16.5. The molecule has 0 rings (SSSR count). The SMILES string of the molecule is CCCCCC(C)NCCCOCCC. The molecule has 0 aliphatic carbocycles. The molecule has 1 N–H and O–H groups in total. The predicted molar refractivity (Wildman–Crippen MR) is 67.3 cm³/mol. The van der Waals surface area contributed by atoms with Gasteiger partial charge < -0.3 is 10.1 Å². The zero-order chi connectivity index (χ0) is 11.4. The zero-order valence-electron chi connectivity index (χ0n) is 10.8. The van der Waals surface area contributed by atoms with E-state index < -0.39 is 0 Å². The second-order valence-electron chi connectivity index (χ2n) is 4.32. The summed E-state index contributed by atoms with van der Waals surface area (Å²) in [6, 6.07) is 0.669. The summed E-state index contributed by atoms with van der Waals surface area (Å²) in [5, 5.41) is 3.54. The first-order valence-corrected chi connectivity index (χ1v) is 6.62. The zero-order valence-corrected chi connectivity index (χ0v) is 10.8. The van der Waals surface area contributed by atoms with Crippen LogP contribution in [0.4, 0.5) is 0 Å². The van der Waals surface area contributed by atoms with Crippen molar-refractivity contribution in [2.45, 2.75) is 65.3 Å². The van der Waals surface area contributed by atoms with Crippen molar-refractivity contribution in [2.75, 3.05) is 19.8 Å². The van der Waals surface area contributed by atoms with Crippen molar-refractivity contribution in [3.63, 3.8) is 0 Å². The molecule has 0 saturated carbocycles. The smallest absolute Gasteiger partial charge is 0.0478 e. The summed E-state index contributed by atoms with van der Waals surface area (Å²) >= 11 is 0. The third-order valence-corrected chi connectivity index (χ3v) is 2.55. The third-order valence-electron chi connectivity index (χ3n) is 2.55. The summed E-state index contributed by atoms with van der Waals surface area (Å²) < 4.78 is 5.42. The number of nitrogens with one attached hydrogen (secondary N) is 1. The highest BCUT2D eigenvalue weighted by Gasteiger charge is 1.99. The molecule has 0 aliphatic heterocycles. The summed E-state index contributed by atoms with van der Waals surface area (Å²) in [7, 11) is 0. The summed E-state index contributed by atoms with van der Waals surface area (Å²) in [6.45, 7) is 9.59. The normalized spacial score (nSPS) is 13.0. The van der Waals surface area contributed by atoms with E-state index in [2.05, 4.69) is 26.1 Å². The van der Waals surface area contributed by atoms with Crippen LogP contribution in [-0.4, -0.2) is 25.8 Å². The van der Waals surface area contributed by atoms with Gasteiger partial charge in [-0.25, -0.2) is 0 Å². The number of unbranched alkanes of at least 4 members (excludes halogenated alkanes) is 2. The summed E-state index contributed by atoms with van der Waals surface area (Å²) in [4.78, 5) is 0. The van der Waals surface area contributed by atoms with Gasteiger partial charge in [0.2, 0.25) is 0 Å². The molecule has 0 amide bonds. The molecule has 0 bridgehead atoms. The molecular weight excluding hydrogens is 186 g/mol. The highest BCUT2D eigenvalue weighted by molar-refractivity contribution is 4.60.